The lowest BCUT2D eigenvalue weighted by molar-refractivity contribution is -0.120. The van der Waals surface area contributed by atoms with Crippen molar-refractivity contribution in [3.8, 4) is 34.5 Å². The van der Waals surface area contributed by atoms with E-state index in [2.05, 4.69) is 82.2 Å². The monoisotopic (exact) mass is 1270 g/mol. The van der Waals surface area contributed by atoms with E-state index < -0.39 is 0 Å². The van der Waals surface area contributed by atoms with Gasteiger partial charge in [0.05, 0.1) is 22.6 Å². The highest BCUT2D eigenvalue weighted by Crippen LogP contribution is 2.58. The predicted octanol–water partition coefficient (Wildman–Crippen LogP) is 15.7. The third-order valence-electron chi connectivity index (χ3n) is 23.5. The molecule has 498 valence electrons. The smallest absolute Gasteiger partial charge is 0.206 e. The van der Waals surface area contributed by atoms with Crippen LogP contribution in [-0.4, -0.2) is 98.0 Å². The van der Waals surface area contributed by atoms with Crippen LogP contribution < -0.4 is 21.0 Å². The number of hydrogen-bond donors (Lipinski definition) is 4. The molecule has 3 aromatic carbocycles. The molecule has 15 heteroatoms. The number of benzene rings is 4. The van der Waals surface area contributed by atoms with Crippen molar-refractivity contribution < 1.29 is 34.4 Å². The number of phenols is 4. The Kier molecular flexibility index (Phi) is 18.2. The SMILES string of the molecule is CC(C)c1c(O)c2c(c(O)c1/C=N/N1CCCCC1)[C@@H](C)[C@H]2C.CC(C)c1c(O)c2c(c3c1=NC1(CCCCC1)N=3)[C@@H](C)[C@H]2C.CC(C)c1c2oc3cc(N4CCCCC4)cc(O)c3nc-2c2c(c1=O)[C@H](C)[C@@H]2C.CC1=C(N2CCCCC2)C(=O)C2=C(C1=O)[C@H](C)[C@@H]2C. The van der Waals surface area contributed by atoms with E-state index in [1.807, 2.05) is 47.6 Å². The van der Waals surface area contributed by atoms with E-state index >= 15 is 0 Å². The van der Waals surface area contributed by atoms with E-state index in [1.165, 1.54) is 56.9 Å². The molecule has 7 aliphatic carbocycles. The minimum Gasteiger partial charge on any atom is -0.507 e. The summed E-state index contributed by atoms with van der Waals surface area (Å²) in [5, 5.41) is 51.9. The number of hydrazone groups is 1. The zero-order valence-electron chi connectivity index (χ0n) is 58.3. The Labute approximate surface area is 550 Å². The number of ketones is 2. The third kappa shape index (κ3) is 11.1. The maximum atomic E-state index is 13.2. The third-order valence-corrected chi connectivity index (χ3v) is 23.5. The summed E-state index contributed by atoms with van der Waals surface area (Å²) in [4.78, 5) is 57.9. The van der Waals surface area contributed by atoms with Gasteiger partial charge in [-0.25, -0.2) is 4.98 Å². The number of anilines is 1. The maximum absolute atomic E-state index is 13.2. The lowest BCUT2D eigenvalue weighted by atomic mass is 9.63. The number of Topliss-reactive ketones (excluding diaryl/α,β-unsaturated/α-hetero) is 2. The zero-order valence-corrected chi connectivity index (χ0v) is 58.3. The van der Waals surface area contributed by atoms with Crippen molar-refractivity contribution in [2.24, 2.45) is 26.9 Å². The first-order chi connectivity index (χ1) is 44.3. The van der Waals surface area contributed by atoms with Gasteiger partial charge in [-0.15, -0.1) is 0 Å². The van der Waals surface area contributed by atoms with Crippen molar-refractivity contribution in [2.75, 3.05) is 44.2 Å². The van der Waals surface area contributed by atoms with Crippen LogP contribution in [0.25, 0.3) is 22.6 Å². The summed E-state index contributed by atoms with van der Waals surface area (Å²) < 4.78 is 6.34. The lowest BCUT2D eigenvalue weighted by Gasteiger charge is -2.42. The molecule has 15 nitrogen and oxygen atoms in total. The van der Waals surface area contributed by atoms with Crippen molar-refractivity contribution in [3.05, 3.63) is 111 Å². The molecule has 3 saturated heterocycles. The molecule has 4 N–H and O–H groups in total. The summed E-state index contributed by atoms with van der Waals surface area (Å²) in [7, 11) is 0. The highest BCUT2D eigenvalue weighted by atomic mass is 16.3. The molecule has 0 aromatic heterocycles. The first-order valence-corrected chi connectivity index (χ1v) is 35.8. The van der Waals surface area contributed by atoms with Gasteiger partial charge in [-0.3, -0.25) is 29.4 Å². The molecular formula is C78H103N7O8. The number of hydrogen-bond acceptors (Lipinski definition) is 15. The van der Waals surface area contributed by atoms with Gasteiger partial charge in [-0.05, 0) is 167 Å². The number of aromatic nitrogens is 1. The Balaban J connectivity index is 0.000000121. The van der Waals surface area contributed by atoms with E-state index in [4.69, 9.17) is 19.4 Å². The summed E-state index contributed by atoms with van der Waals surface area (Å²) in [5.41, 5.74) is 14.9. The number of rotatable bonds is 7. The molecule has 4 fully saturated rings. The number of fused-ring (bicyclic) bond motifs is 8. The molecule has 0 unspecified atom stereocenters. The second kappa shape index (κ2) is 25.6. The van der Waals surface area contributed by atoms with E-state index in [-0.39, 0.29) is 75.8 Å². The number of allylic oxidation sites excluding steroid dienone is 3. The first-order valence-electron chi connectivity index (χ1n) is 35.8. The van der Waals surface area contributed by atoms with E-state index in [0.717, 1.165) is 150 Å². The molecule has 12 aliphatic rings. The summed E-state index contributed by atoms with van der Waals surface area (Å²) in [6, 6.07) is 3.76. The molecule has 0 radical (unpaired) electrons. The van der Waals surface area contributed by atoms with Crippen molar-refractivity contribution >= 4 is 34.6 Å². The average Bonchev–Trinajstić information content (AvgIpc) is 1.64. The highest BCUT2D eigenvalue weighted by Gasteiger charge is 2.48. The van der Waals surface area contributed by atoms with E-state index in [9.17, 15) is 34.8 Å². The Morgan fingerprint density at radius 2 is 1.00 bits per heavy atom. The Morgan fingerprint density at radius 3 is 1.58 bits per heavy atom. The topological polar surface area (TPSA) is 205 Å². The Bertz CT molecular complexity index is 4070. The number of carbonyl (C=O) groups is 2. The summed E-state index contributed by atoms with van der Waals surface area (Å²) in [6.07, 6.45) is 18.3. The molecule has 0 bridgehead atoms. The van der Waals surface area contributed by atoms with Crippen molar-refractivity contribution in [1.29, 1.82) is 0 Å². The normalized spacial score (nSPS) is 25.8. The van der Waals surface area contributed by atoms with Crippen molar-refractivity contribution in [3.63, 3.8) is 0 Å². The largest absolute Gasteiger partial charge is 0.507 e. The van der Waals surface area contributed by atoms with Crippen LogP contribution in [0.1, 0.15) is 303 Å². The van der Waals surface area contributed by atoms with E-state index in [0.29, 0.717) is 74.3 Å². The molecule has 5 aliphatic heterocycles. The molecule has 0 amide bonds. The van der Waals surface area contributed by atoms with Gasteiger partial charge in [0.2, 0.25) is 5.78 Å². The van der Waals surface area contributed by atoms with Gasteiger partial charge < -0.3 is 34.6 Å². The lowest BCUT2D eigenvalue weighted by Crippen LogP contribution is -2.44. The Morgan fingerprint density at radius 1 is 0.527 bits per heavy atom. The Hall–Kier alpha value is -7.03. The molecular weight excluding hydrogens is 1160 g/mol. The minimum atomic E-state index is -0.218. The summed E-state index contributed by atoms with van der Waals surface area (Å²) in [5.74, 6) is 5.03. The van der Waals surface area contributed by atoms with Gasteiger partial charge in [0.15, 0.2) is 28.2 Å². The van der Waals surface area contributed by atoms with Crippen LogP contribution in [0.15, 0.2) is 58.8 Å². The number of nitrogens with zero attached hydrogens (tertiary/aromatic N) is 7. The number of piperidine rings is 3. The van der Waals surface area contributed by atoms with Gasteiger partial charge in [-0.2, -0.15) is 5.10 Å². The van der Waals surface area contributed by atoms with Crippen molar-refractivity contribution in [2.45, 2.75) is 253 Å². The van der Waals surface area contributed by atoms with Crippen LogP contribution >= 0.6 is 0 Å². The van der Waals surface area contributed by atoms with Crippen LogP contribution in [0.3, 0.4) is 0 Å². The number of phenolic OH excluding ortho intramolecular Hbond substituents is 4. The van der Waals surface area contributed by atoms with Crippen LogP contribution in [0.5, 0.6) is 23.0 Å². The minimum absolute atomic E-state index is 0.0419. The molecule has 93 heavy (non-hydrogen) atoms. The quantitative estimate of drug-likeness (QED) is 0.0520. The van der Waals surface area contributed by atoms with Gasteiger partial charge in [0.25, 0.3) is 0 Å². The summed E-state index contributed by atoms with van der Waals surface area (Å²) >= 11 is 0. The molecule has 1 spiro atoms. The fourth-order valence-corrected chi connectivity index (χ4v) is 17.4. The van der Waals surface area contributed by atoms with Crippen LogP contribution in [0.4, 0.5) is 5.69 Å². The molecule has 5 heterocycles. The van der Waals surface area contributed by atoms with E-state index in [1.54, 1.807) is 12.3 Å². The van der Waals surface area contributed by atoms with Gasteiger partial charge in [0.1, 0.15) is 34.2 Å². The standard InChI is InChI=1S/C24H28N2O3.C19H28N2O2.C19H26N2O.C16H21NO2/c1-12(2)18-23(28)20-14(4)13(3)19(20)22-24(18)29-17-11-15(10-16(27)21(17)25-22)26-8-6-5-7-9-26;1-11(2)15-14(10-20-21-8-6-5-7-9-21)18(22)16-12(3)13(4)17(16)19(15)23;1-10(2)13-16-17(14-11(3)12(4)15(14)18(13)22)21-19(20-16)8-6-5-7-9-19;1-9-10(2)13-12(9)15(18)11(3)14(16(13)19)17-7-5-4-6-8-17/h10-14,27H,5-9H2,1-4H3;10-13,22-23H,5-9H2,1-4H3;10-12,22H,5-9H2,1-4H3;9-10H,4-8H2,1-3H3/b;20-10+;;/t13-,14+;12-,13+;11-,12+;9-,10+/m0001/s1. The number of likely N-dealkylation sites (tertiary alicyclic amines) is 1. The molecule has 1 saturated carbocycles. The molecule has 3 aromatic rings. The second-order valence-electron chi connectivity index (χ2n) is 30.3. The zero-order chi connectivity index (χ0) is 66.5. The second-order valence-corrected chi connectivity index (χ2v) is 30.3. The molecule has 8 atom stereocenters. The summed E-state index contributed by atoms with van der Waals surface area (Å²) in [6.45, 7) is 37.0. The van der Waals surface area contributed by atoms with Gasteiger partial charge in [0, 0.05) is 118 Å². The molecule has 15 rings (SSSR count). The van der Waals surface area contributed by atoms with Crippen LogP contribution in [-0.2, 0) is 9.59 Å². The fourth-order valence-electron chi connectivity index (χ4n) is 17.4. The van der Waals surface area contributed by atoms with Gasteiger partial charge >= 0.3 is 0 Å². The van der Waals surface area contributed by atoms with Crippen LogP contribution in [0, 0.1) is 11.8 Å². The first kappa shape index (κ1) is 66.0. The fraction of sp³-hybridized carbons (Fsp3) is 0.603. The van der Waals surface area contributed by atoms with Crippen LogP contribution in [0.2, 0.25) is 0 Å². The maximum Gasteiger partial charge on any atom is 0.206 e. The predicted molar refractivity (Wildman–Crippen MR) is 370 cm³/mol. The average molecular weight is 1270 g/mol. The number of carbonyl (C=O) groups excluding carboxylic acids is 2. The number of aromatic hydroxyl groups is 4. The van der Waals surface area contributed by atoms with Gasteiger partial charge in [-0.1, -0.05) is 103 Å². The van der Waals surface area contributed by atoms with Crippen molar-refractivity contribution in [1.82, 2.24) is 14.9 Å². The highest BCUT2D eigenvalue weighted by molar-refractivity contribution is 6.26.